The molecule has 0 aliphatic carbocycles. The van der Waals surface area contributed by atoms with Gasteiger partial charge in [-0.1, -0.05) is 23.2 Å². The Kier molecular flexibility index (Phi) is 6.97. The highest BCUT2D eigenvalue weighted by Gasteiger charge is 2.15. The van der Waals surface area contributed by atoms with E-state index in [9.17, 15) is 9.59 Å². The molecule has 0 radical (unpaired) electrons. The molecule has 4 nitrogen and oxygen atoms in total. The summed E-state index contributed by atoms with van der Waals surface area (Å²) in [4.78, 5) is 24.0. The summed E-state index contributed by atoms with van der Waals surface area (Å²) in [5.41, 5.74) is 1.34. The van der Waals surface area contributed by atoms with E-state index in [1.54, 1.807) is 55.5 Å². The van der Waals surface area contributed by atoms with E-state index in [0.717, 1.165) is 0 Å². The van der Waals surface area contributed by atoms with Gasteiger partial charge < -0.3 is 10.6 Å². The van der Waals surface area contributed by atoms with Crippen molar-refractivity contribution >= 4 is 58.2 Å². The van der Waals surface area contributed by atoms with E-state index in [1.165, 1.54) is 11.8 Å². The van der Waals surface area contributed by atoms with Crippen molar-refractivity contribution in [1.82, 2.24) is 0 Å². The number of amides is 2. The zero-order chi connectivity index (χ0) is 17.5. The van der Waals surface area contributed by atoms with Crippen LogP contribution in [0.25, 0.3) is 0 Å². The van der Waals surface area contributed by atoms with Crippen LogP contribution >= 0.6 is 35.0 Å². The number of hydrogen-bond acceptors (Lipinski definition) is 3. The Hall–Kier alpha value is -1.69. The van der Waals surface area contributed by atoms with Gasteiger partial charge in [0.25, 0.3) is 0 Å². The lowest BCUT2D eigenvalue weighted by Gasteiger charge is -2.12. The number of hydrogen-bond donors (Lipinski definition) is 2. The highest BCUT2D eigenvalue weighted by Crippen LogP contribution is 2.18. The first-order valence-corrected chi connectivity index (χ1v) is 8.98. The van der Waals surface area contributed by atoms with Crippen molar-refractivity contribution in [3.63, 3.8) is 0 Å². The Balaban J connectivity index is 1.77. The molecule has 2 N–H and O–H groups in total. The highest BCUT2D eigenvalue weighted by molar-refractivity contribution is 8.01. The molecule has 2 aromatic rings. The molecule has 126 valence electrons. The second-order valence-corrected chi connectivity index (χ2v) is 7.21. The Morgan fingerprint density at radius 2 is 1.38 bits per heavy atom. The zero-order valence-electron chi connectivity index (χ0n) is 12.9. The van der Waals surface area contributed by atoms with E-state index in [4.69, 9.17) is 23.2 Å². The van der Waals surface area contributed by atoms with Crippen LogP contribution < -0.4 is 10.6 Å². The lowest BCUT2D eigenvalue weighted by molar-refractivity contribution is -0.115. The fraction of sp³-hybridized carbons (Fsp3) is 0.176. The Morgan fingerprint density at radius 3 is 1.88 bits per heavy atom. The quantitative estimate of drug-likeness (QED) is 0.761. The number of carbonyl (C=O) groups is 2. The molecule has 0 aliphatic rings. The van der Waals surface area contributed by atoms with Gasteiger partial charge in [-0.25, -0.2) is 0 Å². The maximum Gasteiger partial charge on any atom is 0.237 e. The van der Waals surface area contributed by atoms with Crippen molar-refractivity contribution in [2.24, 2.45) is 0 Å². The first-order chi connectivity index (χ1) is 11.4. The second-order valence-electron chi connectivity index (χ2n) is 5.00. The van der Waals surface area contributed by atoms with Gasteiger partial charge in [-0.3, -0.25) is 9.59 Å². The summed E-state index contributed by atoms with van der Waals surface area (Å²) < 4.78 is 0. The summed E-state index contributed by atoms with van der Waals surface area (Å²) >= 11 is 12.9. The standard InChI is InChI=1S/C17H16Cl2N2O2S/c1-11(17(23)21-15-8-4-13(19)5-9-15)24-10-16(22)20-14-6-2-12(18)3-7-14/h2-9,11H,10H2,1H3,(H,20,22)(H,21,23). The van der Waals surface area contributed by atoms with Crippen molar-refractivity contribution in [1.29, 1.82) is 0 Å². The summed E-state index contributed by atoms with van der Waals surface area (Å²) in [5.74, 6) is -0.159. The normalized spacial score (nSPS) is 11.6. The molecule has 2 rings (SSSR count). The molecule has 0 bridgehead atoms. The number of benzene rings is 2. The molecule has 2 amide bonds. The minimum atomic E-state index is -0.364. The molecule has 0 saturated heterocycles. The van der Waals surface area contributed by atoms with Crippen LogP contribution in [0.4, 0.5) is 11.4 Å². The van der Waals surface area contributed by atoms with Gasteiger partial charge in [0.15, 0.2) is 0 Å². The molecule has 0 aromatic heterocycles. The van der Waals surface area contributed by atoms with Crippen LogP contribution in [0.3, 0.4) is 0 Å². The van der Waals surface area contributed by atoms with Crippen LogP contribution in [0.15, 0.2) is 48.5 Å². The predicted molar refractivity (Wildman–Crippen MR) is 102 cm³/mol. The van der Waals surface area contributed by atoms with Crippen molar-refractivity contribution in [2.75, 3.05) is 16.4 Å². The highest BCUT2D eigenvalue weighted by atomic mass is 35.5. The fourth-order valence-electron chi connectivity index (χ4n) is 1.78. The Bertz CT molecular complexity index is 706. The lowest BCUT2D eigenvalue weighted by atomic mass is 10.3. The number of halogens is 2. The molecule has 7 heteroatoms. The summed E-state index contributed by atoms with van der Waals surface area (Å²) in [7, 11) is 0. The average molecular weight is 383 g/mol. The zero-order valence-corrected chi connectivity index (χ0v) is 15.2. The smallest absolute Gasteiger partial charge is 0.237 e. The first-order valence-electron chi connectivity index (χ1n) is 7.17. The molecule has 1 atom stereocenters. The number of thioether (sulfide) groups is 1. The Morgan fingerprint density at radius 1 is 0.917 bits per heavy atom. The summed E-state index contributed by atoms with van der Waals surface area (Å²) in [6.07, 6.45) is 0. The summed E-state index contributed by atoms with van der Waals surface area (Å²) in [5, 5.41) is 6.39. The van der Waals surface area contributed by atoms with Crippen molar-refractivity contribution in [2.45, 2.75) is 12.2 Å². The third-order valence-corrected chi connectivity index (χ3v) is 4.72. The van der Waals surface area contributed by atoms with Gasteiger partial charge in [0.2, 0.25) is 11.8 Å². The minimum Gasteiger partial charge on any atom is -0.325 e. The van der Waals surface area contributed by atoms with Gasteiger partial charge in [0.05, 0.1) is 11.0 Å². The predicted octanol–water partition coefficient (Wildman–Crippen LogP) is 4.69. The van der Waals surface area contributed by atoms with E-state index < -0.39 is 0 Å². The van der Waals surface area contributed by atoms with Gasteiger partial charge in [-0.05, 0) is 55.5 Å². The summed E-state index contributed by atoms with van der Waals surface area (Å²) in [6, 6.07) is 13.7. The number of carbonyl (C=O) groups excluding carboxylic acids is 2. The van der Waals surface area contributed by atoms with Gasteiger partial charge >= 0.3 is 0 Å². The van der Waals surface area contributed by atoms with E-state index in [2.05, 4.69) is 10.6 Å². The third-order valence-electron chi connectivity index (χ3n) is 3.07. The molecular formula is C17H16Cl2N2O2S. The largest absolute Gasteiger partial charge is 0.325 e. The topological polar surface area (TPSA) is 58.2 Å². The van der Waals surface area contributed by atoms with Crippen molar-refractivity contribution in [3.05, 3.63) is 58.6 Å². The second kappa shape index (κ2) is 8.97. The molecule has 1 unspecified atom stereocenters. The molecule has 2 aromatic carbocycles. The molecule has 0 saturated carbocycles. The SMILES string of the molecule is CC(SCC(=O)Nc1ccc(Cl)cc1)C(=O)Nc1ccc(Cl)cc1. The number of nitrogens with one attached hydrogen (secondary N) is 2. The monoisotopic (exact) mass is 382 g/mol. The third kappa shape index (κ3) is 6.07. The number of anilines is 2. The first kappa shape index (κ1) is 18.6. The fourth-order valence-corrected chi connectivity index (χ4v) is 2.72. The van der Waals surface area contributed by atoms with E-state index in [0.29, 0.717) is 21.4 Å². The average Bonchev–Trinajstić information content (AvgIpc) is 2.57. The van der Waals surface area contributed by atoms with Crippen molar-refractivity contribution < 1.29 is 9.59 Å². The van der Waals surface area contributed by atoms with Crippen LogP contribution in [0.5, 0.6) is 0 Å². The van der Waals surface area contributed by atoms with Gasteiger partial charge in [0, 0.05) is 21.4 Å². The van der Waals surface area contributed by atoms with Crippen molar-refractivity contribution in [3.8, 4) is 0 Å². The maximum absolute atomic E-state index is 12.1. The van der Waals surface area contributed by atoms with Gasteiger partial charge in [-0.2, -0.15) is 0 Å². The molecule has 24 heavy (non-hydrogen) atoms. The summed E-state index contributed by atoms with van der Waals surface area (Å²) in [6.45, 7) is 1.76. The Labute approximate surface area is 154 Å². The van der Waals surface area contributed by atoms with Gasteiger partial charge in [0.1, 0.15) is 0 Å². The molecule has 0 spiro atoms. The lowest BCUT2D eigenvalue weighted by Crippen LogP contribution is -2.25. The van der Waals surface area contributed by atoms with E-state index >= 15 is 0 Å². The van der Waals surface area contributed by atoms with Crippen LogP contribution in [0.2, 0.25) is 10.0 Å². The van der Waals surface area contributed by atoms with Crippen LogP contribution in [-0.2, 0) is 9.59 Å². The molecule has 0 heterocycles. The molecular weight excluding hydrogens is 367 g/mol. The van der Waals surface area contributed by atoms with Crippen LogP contribution in [-0.4, -0.2) is 22.8 Å². The van der Waals surface area contributed by atoms with E-state index in [-0.39, 0.29) is 22.8 Å². The molecule has 0 aliphatic heterocycles. The van der Waals surface area contributed by atoms with Crippen LogP contribution in [0.1, 0.15) is 6.92 Å². The van der Waals surface area contributed by atoms with Crippen LogP contribution in [0, 0.1) is 0 Å². The van der Waals surface area contributed by atoms with Gasteiger partial charge in [-0.15, -0.1) is 11.8 Å². The maximum atomic E-state index is 12.1. The van der Waals surface area contributed by atoms with E-state index in [1.807, 2.05) is 0 Å². The minimum absolute atomic E-state index is 0.165. The molecule has 0 fully saturated rings. The number of rotatable bonds is 6.